The smallest absolute Gasteiger partial charge is 0.262 e. The lowest BCUT2D eigenvalue weighted by Crippen LogP contribution is -2.49. The van der Waals surface area contributed by atoms with Gasteiger partial charge in [-0.15, -0.1) is 0 Å². The van der Waals surface area contributed by atoms with Gasteiger partial charge in [-0.2, -0.15) is 0 Å². The van der Waals surface area contributed by atoms with Crippen LogP contribution in [0.1, 0.15) is 36.0 Å². The summed E-state index contributed by atoms with van der Waals surface area (Å²) < 4.78 is 13.1. The number of rotatable bonds is 9. The van der Waals surface area contributed by atoms with Gasteiger partial charge >= 0.3 is 0 Å². The fourth-order valence-electron chi connectivity index (χ4n) is 5.79. The average molecular weight is 592 g/mol. The number of ether oxygens (including phenoxy) is 2. The Labute approximate surface area is 249 Å². The number of fused-ring (bicyclic) bond motifs is 1. The lowest BCUT2D eigenvalue weighted by molar-refractivity contribution is -0.128. The second-order valence-corrected chi connectivity index (χ2v) is 12.0. The average Bonchev–Trinajstić information content (AvgIpc) is 3.75. The number of carbonyl (C=O) groups excluding carboxylic acids is 2. The molecule has 2 aromatic carbocycles. The molecule has 0 aliphatic carbocycles. The van der Waals surface area contributed by atoms with Crippen molar-refractivity contribution < 1.29 is 19.1 Å². The maximum absolute atomic E-state index is 13.7. The topological polar surface area (TPSA) is 106 Å². The van der Waals surface area contributed by atoms with E-state index in [2.05, 4.69) is 22.3 Å². The summed E-state index contributed by atoms with van der Waals surface area (Å²) in [5.74, 6) is -0.0270. The minimum Gasteiger partial charge on any atom is -0.376 e. The lowest BCUT2D eigenvalue weighted by atomic mass is 10.1. The van der Waals surface area contributed by atoms with Crippen molar-refractivity contribution in [1.29, 1.82) is 0 Å². The predicted molar refractivity (Wildman–Crippen MR) is 162 cm³/mol. The summed E-state index contributed by atoms with van der Waals surface area (Å²) in [5.41, 5.74) is 1.86. The number of hydrogen-bond acceptors (Lipinski definition) is 8. The SMILES string of the molecule is O=C(NC[C@H]1CCCO1)c1ccc2c(=O)n(C[C@H]3CCCO3)c(SCC(=O)N3CCN(c4ccccc4)CC3)nc2c1. The van der Waals surface area contributed by atoms with Gasteiger partial charge in [0.05, 0.1) is 35.4 Å². The van der Waals surface area contributed by atoms with Crippen LogP contribution >= 0.6 is 11.8 Å². The zero-order valence-corrected chi connectivity index (χ0v) is 24.5. The lowest BCUT2D eigenvalue weighted by Gasteiger charge is -2.36. The Morgan fingerprint density at radius 1 is 0.952 bits per heavy atom. The van der Waals surface area contributed by atoms with E-state index in [1.165, 1.54) is 11.8 Å². The van der Waals surface area contributed by atoms with Gasteiger partial charge < -0.3 is 24.6 Å². The van der Waals surface area contributed by atoms with Gasteiger partial charge in [0, 0.05) is 57.2 Å². The van der Waals surface area contributed by atoms with E-state index in [0.717, 1.165) is 51.1 Å². The molecule has 6 rings (SSSR count). The Morgan fingerprint density at radius 3 is 2.40 bits per heavy atom. The first-order valence-corrected chi connectivity index (χ1v) is 15.8. The monoisotopic (exact) mass is 591 g/mol. The molecule has 3 fully saturated rings. The van der Waals surface area contributed by atoms with Crippen LogP contribution in [-0.2, 0) is 20.8 Å². The first-order chi connectivity index (χ1) is 20.5. The Kier molecular flexibility index (Phi) is 9.07. The number of anilines is 1. The molecule has 3 saturated heterocycles. The van der Waals surface area contributed by atoms with Crippen molar-refractivity contribution in [3.8, 4) is 0 Å². The maximum Gasteiger partial charge on any atom is 0.262 e. The Balaban J connectivity index is 1.17. The molecule has 11 heteroatoms. The quantitative estimate of drug-likeness (QED) is 0.299. The summed E-state index contributed by atoms with van der Waals surface area (Å²) >= 11 is 1.27. The van der Waals surface area contributed by atoms with Crippen molar-refractivity contribution >= 4 is 40.2 Å². The zero-order valence-electron chi connectivity index (χ0n) is 23.7. The highest BCUT2D eigenvalue weighted by Crippen LogP contribution is 2.23. The van der Waals surface area contributed by atoms with Crippen molar-refractivity contribution in [3.05, 3.63) is 64.4 Å². The van der Waals surface area contributed by atoms with Crippen molar-refractivity contribution in [1.82, 2.24) is 19.8 Å². The Hall–Kier alpha value is -3.41. The number of nitrogens with one attached hydrogen (secondary N) is 1. The summed E-state index contributed by atoms with van der Waals surface area (Å²) in [6, 6.07) is 15.2. The molecule has 2 amide bonds. The predicted octanol–water partition coefficient (Wildman–Crippen LogP) is 2.93. The number of nitrogens with zero attached hydrogens (tertiary/aromatic N) is 4. The minimum absolute atomic E-state index is 0.0213. The first-order valence-electron chi connectivity index (χ1n) is 14.8. The fourth-order valence-corrected chi connectivity index (χ4v) is 6.70. The van der Waals surface area contributed by atoms with Gasteiger partial charge in [0.15, 0.2) is 5.16 Å². The molecule has 2 atom stereocenters. The van der Waals surface area contributed by atoms with Crippen molar-refractivity contribution in [2.75, 3.05) is 56.6 Å². The highest BCUT2D eigenvalue weighted by molar-refractivity contribution is 7.99. The molecule has 3 aromatic rings. The molecule has 3 aliphatic heterocycles. The number of amides is 2. The van der Waals surface area contributed by atoms with Crippen LogP contribution in [0.2, 0.25) is 0 Å². The highest BCUT2D eigenvalue weighted by atomic mass is 32.2. The van der Waals surface area contributed by atoms with Crippen LogP contribution in [0, 0.1) is 0 Å². The molecule has 42 heavy (non-hydrogen) atoms. The second-order valence-electron chi connectivity index (χ2n) is 11.0. The Morgan fingerprint density at radius 2 is 1.69 bits per heavy atom. The molecule has 10 nitrogen and oxygen atoms in total. The van der Waals surface area contributed by atoms with E-state index < -0.39 is 0 Å². The molecular weight excluding hydrogens is 554 g/mol. The van der Waals surface area contributed by atoms with E-state index in [4.69, 9.17) is 14.5 Å². The van der Waals surface area contributed by atoms with E-state index in [1.54, 1.807) is 22.8 Å². The van der Waals surface area contributed by atoms with E-state index >= 15 is 0 Å². The number of carbonyl (C=O) groups is 2. The summed E-state index contributed by atoms with van der Waals surface area (Å²) in [6.07, 6.45) is 3.76. The molecule has 4 heterocycles. The van der Waals surface area contributed by atoms with E-state index in [0.29, 0.717) is 54.4 Å². The van der Waals surface area contributed by atoms with E-state index in [-0.39, 0.29) is 35.3 Å². The number of aromatic nitrogens is 2. The van der Waals surface area contributed by atoms with Crippen LogP contribution in [0.5, 0.6) is 0 Å². The van der Waals surface area contributed by atoms with Crippen molar-refractivity contribution in [2.24, 2.45) is 0 Å². The minimum atomic E-state index is -0.225. The Bertz CT molecular complexity index is 1460. The standard InChI is InChI=1S/C31H37N5O5S/c37-28(35-14-12-34(13-15-35)23-6-2-1-3-7-23)21-42-31-33-27-18-22(29(38)32-19-24-8-4-16-40-24)10-11-26(27)30(39)36(31)20-25-9-5-17-41-25/h1-3,6-7,10-11,18,24-25H,4-5,8-9,12-17,19-21H2,(H,32,38)/t24-,25-/m1/s1. The first kappa shape index (κ1) is 28.7. The largest absolute Gasteiger partial charge is 0.376 e. The van der Waals surface area contributed by atoms with Gasteiger partial charge in [0.25, 0.3) is 11.5 Å². The number of benzene rings is 2. The summed E-state index contributed by atoms with van der Waals surface area (Å²) in [5, 5.41) is 3.84. The molecular formula is C31H37N5O5S. The fraction of sp³-hybridized carbons (Fsp3) is 0.484. The summed E-state index contributed by atoms with van der Waals surface area (Å²) in [6.45, 7) is 5.09. The van der Waals surface area contributed by atoms with E-state index in [9.17, 15) is 14.4 Å². The number of hydrogen-bond donors (Lipinski definition) is 1. The molecule has 1 aromatic heterocycles. The van der Waals surface area contributed by atoms with Crippen LogP contribution in [-0.4, -0.2) is 90.2 Å². The van der Waals surface area contributed by atoms with Gasteiger partial charge in [-0.1, -0.05) is 30.0 Å². The number of piperazine rings is 1. The van der Waals surface area contributed by atoms with Crippen molar-refractivity contribution in [3.63, 3.8) is 0 Å². The van der Waals surface area contributed by atoms with Gasteiger partial charge in [-0.25, -0.2) is 4.98 Å². The summed E-state index contributed by atoms with van der Waals surface area (Å²) in [7, 11) is 0. The van der Waals surface area contributed by atoms with Gasteiger partial charge in [-0.3, -0.25) is 19.0 Å². The molecule has 0 radical (unpaired) electrons. The maximum atomic E-state index is 13.7. The number of thioether (sulfide) groups is 1. The molecule has 3 aliphatic rings. The van der Waals surface area contributed by atoms with Gasteiger partial charge in [-0.05, 0) is 56.0 Å². The zero-order chi connectivity index (χ0) is 28.9. The summed E-state index contributed by atoms with van der Waals surface area (Å²) in [4.78, 5) is 48.7. The molecule has 0 saturated carbocycles. The van der Waals surface area contributed by atoms with Crippen LogP contribution < -0.4 is 15.8 Å². The number of para-hydroxylation sites is 1. The van der Waals surface area contributed by atoms with Gasteiger partial charge in [0.1, 0.15) is 0 Å². The second kappa shape index (κ2) is 13.3. The van der Waals surface area contributed by atoms with Crippen LogP contribution in [0.25, 0.3) is 10.9 Å². The molecule has 0 bridgehead atoms. The van der Waals surface area contributed by atoms with E-state index in [1.807, 2.05) is 23.1 Å². The van der Waals surface area contributed by atoms with Crippen LogP contribution in [0.4, 0.5) is 5.69 Å². The third-order valence-electron chi connectivity index (χ3n) is 8.19. The molecule has 0 unspecified atom stereocenters. The molecule has 1 N–H and O–H groups in total. The van der Waals surface area contributed by atoms with Crippen LogP contribution in [0.15, 0.2) is 58.5 Å². The van der Waals surface area contributed by atoms with Crippen LogP contribution in [0.3, 0.4) is 0 Å². The normalized spacial score (nSPS) is 20.8. The molecule has 222 valence electrons. The third-order valence-corrected chi connectivity index (χ3v) is 9.15. The van der Waals surface area contributed by atoms with Crippen molar-refractivity contribution in [2.45, 2.75) is 49.6 Å². The highest BCUT2D eigenvalue weighted by Gasteiger charge is 2.24. The third kappa shape index (κ3) is 6.63. The van der Waals surface area contributed by atoms with Gasteiger partial charge in [0.2, 0.25) is 5.91 Å². The molecule has 0 spiro atoms.